The Balaban J connectivity index is 1.07. The van der Waals surface area contributed by atoms with Crippen molar-refractivity contribution in [2.24, 2.45) is 0 Å². The Kier molecular flexibility index (Phi) is 8.16. The van der Waals surface area contributed by atoms with Gasteiger partial charge in [0.25, 0.3) is 0 Å². The van der Waals surface area contributed by atoms with Crippen molar-refractivity contribution in [1.29, 1.82) is 0 Å². The van der Waals surface area contributed by atoms with Crippen LogP contribution in [0.2, 0.25) is 0 Å². The van der Waals surface area contributed by atoms with Gasteiger partial charge >= 0.3 is 12.4 Å². The first-order valence-electron chi connectivity index (χ1n) is 14.8. The topological polar surface area (TPSA) is 75.1 Å². The molecule has 4 heterocycles. The van der Waals surface area contributed by atoms with E-state index in [2.05, 4.69) is 0 Å². The molecule has 3 aromatic rings. The van der Waals surface area contributed by atoms with Crippen molar-refractivity contribution >= 4 is 11.4 Å². The molecular weight excluding hydrogens is 622 g/mol. The van der Waals surface area contributed by atoms with Gasteiger partial charge in [-0.15, -0.1) is 0 Å². The number of ether oxygens (including phenoxy) is 6. The normalized spacial score (nSPS) is 23.1. The molecule has 8 nitrogen and oxygen atoms in total. The first kappa shape index (κ1) is 30.9. The zero-order valence-corrected chi connectivity index (χ0v) is 24.4. The minimum Gasteiger partial charge on any atom is -0.457 e. The SMILES string of the molecule is FC(F)(F)c1cc(N(CC2CO2)CC2CO2)ccc1Oc1ccc(Oc2ccc(N(CC3CO3)CC3CO3)cc2C(F)(F)F)cc1. The van der Waals surface area contributed by atoms with E-state index in [1.165, 1.54) is 36.4 Å². The molecule has 0 amide bonds. The minimum absolute atomic E-state index is 0.0329. The fourth-order valence-corrected chi connectivity index (χ4v) is 5.13. The number of anilines is 2. The molecule has 4 fully saturated rings. The summed E-state index contributed by atoms with van der Waals surface area (Å²) in [6, 6.07) is 13.0. The van der Waals surface area contributed by atoms with Gasteiger partial charge in [-0.05, 0) is 60.7 Å². The lowest BCUT2D eigenvalue weighted by Gasteiger charge is -2.25. The van der Waals surface area contributed by atoms with Gasteiger partial charge in [-0.25, -0.2) is 0 Å². The Labute approximate surface area is 260 Å². The third-order valence-corrected chi connectivity index (χ3v) is 7.85. The van der Waals surface area contributed by atoms with E-state index in [1.54, 1.807) is 12.1 Å². The fraction of sp³-hybridized carbons (Fsp3) is 0.438. The van der Waals surface area contributed by atoms with Gasteiger partial charge < -0.3 is 38.2 Å². The molecule has 0 N–H and O–H groups in total. The molecule has 4 unspecified atom stereocenters. The Morgan fingerprint density at radius 2 is 0.826 bits per heavy atom. The summed E-state index contributed by atoms with van der Waals surface area (Å²) in [5, 5.41) is 0. The van der Waals surface area contributed by atoms with Crippen LogP contribution in [0.4, 0.5) is 37.7 Å². The van der Waals surface area contributed by atoms with Crippen LogP contribution >= 0.6 is 0 Å². The van der Waals surface area contributed by atoms with Crippen LogP contribution in [0.15, 0.2) is 60.7 Å². The third-order valence-electron chi connectivity index (χ3n) is 7.85. The lowest BCUT2D eigenvalue weighted by atomic mass is 10.1. The number of hydrogen-bond acceptors (Lipinski definition) is 8. The van der Waals surface area contributed by atoms with E-state index in [0.29, 0.717) is 64.0 Å². The maximum absolute atomic E-state index is 14.1. The molecule has 4 aliphatic rings. The van der Waals surface area contributed by atoms with E-state index in [0.717, 1.165) is 12.1 Å². The van der Waals surface area contributed by atoms with Gasteiger partial charge in [0, 0.05) is 37.6 Å². The van der Waals surface area contributed by atoms with E-state index in [-0.39, 0.29) is 35.9 Å². The highest BCUT2D eigenvalue weighted by atomic mass is 19.4. The summed E-state index contributed by atoms with van der Waals surface area (Å²) < 4.78 is 117. The summed E-state index contributed by atoms with van der Waals surface area (Å²) in [6.45, 7) is 4.01. The molecule has 4 saturated heterocycles. The van der Waals surface area contributed by atoms with E-state index < -0.39 is 35.0 Å². The summed E-state index contributed by atoms with van der Waals surface area (Å²) in [5.74, 6) is -0.732. The maximum Gasteiger partial charge on any atom is 0.420 e. The highest BCUT2D eigenvalue weighted by molar-refractivity contribution is 5.57. The monoisotopic (exact) mass is 652 g/mol. The van der Waals surface area contributed by atoms with Crippen LogP contribution in [0.5, 0.6) is 23.0 Å². The van der Waals surface area contributed by atoms with Gasteiger partial charge in [0.15, 0.2) is 0 Å². The van der Waals surface area contributed by atoms with Crippen LogP contribution in [0.1, 0.15) is 11.1 Å². The zero-order valence-electron chi connectivity index (χ0n) is 24.4. The van der Waals surface area contributed by atoms with Crippen molar-refractivity contribution < 1.29 is 54.8 Å². The van der Waals surface area contributed by atoms with Crippen molar-refractivity contribution in [3.63, 3.8) is 0 Å². The highest BCUT2D eigenvalue weighted by Gasteiger charge is 2.38. The van der Waals surface area contributed by atoms with Crippen LogP contribution in [0.25, 0.3) is 0 Å². The standard InChI is InChI=1S/C32H30F6N2O6/c33-31(34,35)27-9-19(39(11-23-15-41-23)12-24-16-42-24)1-7-29(27)45-21-3-5-22(6-4-21)46-30-8-2-20(10-28(30)32(36,37)38)40(13-25-17-43-25)14-26-18-44-26/h1-10,23-26H,11-18H2. The lowest BCUT2D eigenvalue weighted by Crippen LogP contribution is -2.31. The molecule has 46 heavy (non-hydrogen) atoms. The highest BCUT2D eigenvalue weighted by Crippen LogP contribution is 2.43. The zero-order chi connectivity index (χ0) is 32.1. The van der Waals surface area contributed by atoms with Crippen LogP contribution in [-0.4, -0.2) is 77.0 Å². The average molecular weight is 653 g/mol. The molecule has 0 radical (unpaired) electrons. The van der Waals surface area contributed by atoms with E-state index in [1.807, 2.05) is 9.80 Å². The van der Waals surface area contributed by atoms with E-state index in [4.69, 9.17) is 28.4 Å². The summed E-state index contributed by atoms with van der Waals surface area (Å²) in [5.41, 5.74) is -1.19. The molecular formula is C32H30F6N2O6. The van der Waals surface area contributed by atoms with Crippen molar-refractivity contribution in [2.45, 2.75) is 36.8 Å². The Bertz CT molecular complexity index is 1390. The molecule has 0 saturated carbocycles. The molecule has 246 valence electrons. The van der Waals surface area contributed by atoms with E-state index >= 15 is 0 Å². The fourth-order valence-electron chi connectivity index (χ4n) is 5.13. The van der Waals surface area contributed by atoms with Crippen LogP contribution in [0, 0.1) is 0 Å². The molecule has 0 spiro atoms. The first-order valence-corrected chi connectivity index (χ1v) is 14.8. The van der Waals surface area contributed by atoms with Crippen LogP contribution in [-0.2, 0) is 31.3 Å². The number of halogens is 6. The molecule has 7 rings (SSSR count). The molecule has 0 aliphatic carbocycles. The second kappa shape index (κ2) is 12.1. The van der Waals surface area contributed by atoms with Gasteiger partial charge in [-0.1, -0.05) is 0 Å². The van der Waals surface area contributed by atoms with E-state index in [9.17, 15) is 26.3 Å². The van der Waals surface area contributed by atoms with Gasteiger partial charge in [0.05, 0.1) is 50.8 Å². The maximum atomic E-state index is 14.1. The van der Waals surface area contributed by atoms with Gasteiger partial charge in [0.1, 0.15) is 34.1 Å². The predicted octanol–water partition coefficient (Wildman–Crippen LogP) is 6.52. The number of epoxide rings is 4. The molecule has 0 aromatic heterocycles. The largest absolute Gasteiger partial charge is 0.457 e. The smallest absolute Gasteiger partial charge is 0.420 e. The number of alkyl halides is 6. The Morgan fingerprint density at radius 3 is 1.09 bits per heavy atom. The lowest BCUT2D eigenvalue weighted by molar-refractivity contribution is -0.139. The van der Waals surface area contributed by atoms with Crippen molar-refractivity contribution in [3.05, 3.63) is 71.8 Å². The molecule has 3 aromatic carbocycles. The molecule has 0 bridgehead atoms. The third kappa shape index (κ3) is 7.97. The Hall–Kier alpha value is -3.72. The molecule has 14 heteroatoms. The molecule has 4 atom stereocenters. The predicted molar refractivity (Wildman–Crippen MR) is 153 cm³/mol. The minimum atomic E-state index is -4.71. The van der Waals surface area contributed by atoms with Gasteiger partial charge in [-0.3, -0.25) is 0 Å². The second-order valence-electron chi connectivity index (χ2n) is 11.7. The summed E-state index contributed by atoms with van der Waals surface area (Å²) in [4.78, 5) is 3.62. The summed E-state index contributed by atoms with van der Waals surface area (Å²) in [7, 11) is 0. The molecule has 4 aliphatic heterocycles. The quantitative estimate of drug-likeness (QED) is 0.144. The van der Waals surface area contributed by atoms with Crippen molar-refractivity contribution in [1.82, 2.24) is 0 Å². The van der Waals surface area contributed by atoms with Crippen LogP contribution < -0.4 is 19.3 Å². The van der Waals surface area contributed by atoms with Crippen molar-refractivity contribution in [2.75, 3.05) is 62.4 Å². The number of hydrogen-bond donors (Lipinski definition) is 0. The summed E-state index contributed by atoms with van der Waals surface area (Å²) >= 11 is 0. The Morgan fingerprint density at radius 1 is 0.522 bits per heavy atom. The summed E-state index contributed by atoms with van der Waals surface area (Å²) in [6.07, 6.45) is -9.55. The van der Waals surface area contributed by atoms with Gasteiger partial charge in [-0.2, -0.15) is 26.3 Å². The van der Waals surface area contributed by atoms with Gasteiger partial charge in [0.2, 0.25) is 0 Å². The van der Waals surface area contributed by atoms with Crippen LogP contribution in [0.3, 0.4) is 0 Å². The van der Waals surface area contributed by atoms with Crippen molar-refractivity contribution in [3.8, 4) is 23.0 Å². The number of rotatable bonds is 14. The number of benzene rings is 3. The second-order valence-corrected chi connectivity index (χ2v) is 11.7. The number of nitrogens with zero attached hydrogens (tertiary/aromatic N) is 2. The first-order chi connectivity index (χ1) is 22.0. The average Bonchev–Trinajstić information content (AvgIpc) is 3.81.